The molecule has 3 nitrogen and oxygen atoms in total. The van der Waals surface area contributed by atoms with E-state index < -0.39 is 0 Å². The molecule has 0 saturated carbocycles. The van der Waals surface area contributed by atoms with Crippen LogP contribution in [0.4, 0.5) is 5.69 Å². The fraction of sp³-hybridized carbons (Fsp3) is 0.583. The Kier molecular flexibility index (Phi) is 2.91. The van der Waals surface area contributed by atoms with Crippen LogP contribution in [0.2, 0.25) is 0 Å². The molecule has 0 aromatic carbocycles. The molecule has 1 saturated heterocycles. The van der Waals surface area contributed by atoms with Crippen LogP contribution in [-0.2, 0) is 0 Å². The summed E-state index contributed by atoms with van der Waals surface area (Å²) in [5.41, 5.74) is 2.39. The molecule has 1 aliphatic heterocycles. The van der Waals surface area contributed by atoms with Crippen molar-refractivity contribution in [2.45, 2.75) is 32.9 Å². The second-order valence-corrected chi connectivity index (χ2v) is 4.58. The molecule has 0 amide bonds. The molecule has 0 aliphatic carbocycles. The number of anilines is 1. The monoisotopic (exact) mass is 205 g/mol. The summed E-state index contributed by atoms with van der Waals surface area (Å²) in [5.74, 6) is 0. The highest BCUT2D eigenvalue weighted by atomic mass is 15.3. The maximum Gasteiger partial charge on any atom is 0.0422 e. The highest BCUT2D eigenvalue weighted by Crippen LogP contribution is 2.20. The summed E-state index contributed by atoms with van der Waals surface area (Å²) < 4.78 is 0. The lowest BCUT2D eigenvalue weighted by atomic mass is 10.1. The maximum absolute atomic E-state index is 4.21. The maximum atomic E-state index is 4.21. The normalized spacial score (nSPS) is 16.9. The van der Waals surface area contributed by atoms with E-state index in [2.05, 4.69) is 41.2 Å². The number of hydrogen-bond donors (Lipinski definition) is 1. The summed E-state index contributed by atoms with van der Waals surface area (Å²) in [6.45, 7) is 8.65. The van der Waals surface area contributed by atoms with Crippen LogP contribution in [0.25, 0.3) is 0 Å². The average molecular weight is 205 g/mol. The van der Waals surface area contributed by atoms with Gasteiger partial charge in [0.25, 0.3) is 0 Å². The third-order valence-corrected chi connectivity index (χ3v) is 2.70. The van der Waals surface area contributed by atoms with Crippen molar-refractivity contribution >= 4 is 5.69 Å². The van der Waals surface area contributed by atoms with Crippen LogP contribution in [0.15, 0.2) is 18.3 Å². The van der Waals surface area contributed by atoms with Gasteiger partial charge in [-0.1, -0.05) is 13.8 Å². The summed E-state index contributed by atoms with van der Waals surface area (Å²) in [5, 5.41) is 3.54. The van der Waals surface area contributed by atoms with Gasteiger partial charge in [0, 0.05) is 42.8 Å². The predicted octanol–water partition coefficient (Wildman–Crippen LogP) is 1.58. The fourth-order valence-corrected chi connectivity index (χ4v) is 1.99. The van der Waals surface area contributed by atoms with Crippen LogP contribution in [0.3, 0.4) is 0 Å². The molecule has 1 aliphatic rings. The summed E-state index contributed by atoms with van der Waals surface area (Å²) in [4.78, 5) is 6.59. The van der Waals surface area contributed by atoms with Gasteiger partial charge in [-0.3, -0.25) is 4.98 Å². The molecule has 2 heterocycles. The van der Waals surface area contributed by atoms with Crippen LogP contribution < -0.4 is 10.2 Å². The zero-order valence-corrected chi connectivity index (χ0v) is 9.70. The highest BCUT2D eigenvalue weighted by molar-refractivity contribution is 5.49. The quantitative estimate of drug-likeness (QED) is 0.812. The van der Waals surface area contributed by atoms with Gasteiger partial charge in [0.15, 0.2) is 0 Å². The molecule has 1 aromatic rings. The van der Waals surface area contributed by atoms with Gasteiger partial charge in [0.2, 0.25) is 0 Å². The molecule has 0 radical (unpaired) electrons. The van der Waals surface area contributed by atoms with Crippen molar-refractivity contribution in [2.75, 3.05) is 18.0 Å². The van der Waals surface area contributed by atoms with Gasteiger partial charge in [0.05, 0.1) is 0 Å². The molecule has 1 fully saturated rings. The van der Waals surface area contributed by atoms with Gasteiger partial charge < -0.3 is 10.2 Å². The number of rotatable bonds is 3. The summed E-state index contributed by atoms with van der Waals surface area (Å²) in [7, 11) is 0. The van der Waals surface area contributed by atoms with Gasteiger partial charge in [0.1, 0.15) is 0 Å². The first-order valence-electron chi connectivity index (χ1n) is 5.59. The number of aryl methyl sites for hydroxylation is 1. The lowest BCUT2D eigenvalue weighted by Gasteiger charge is -2.42. The van der Waals surface area contributed by atoms with E-state index in [4.69, 9.17) is 0 Å². The molecule has 1 N–H and O–H groups in total. The van der Waals surface area contributed by atoms with E-state index in [0.29, 0.717) is 12.1 Å². The third-order valence-electron chi connectivity index (χ3n) is 2.70. The van der Waals surface area contributed by atoms with Crippen molar-refractivity contribution in [1.29, 1.82) is 0 Å². The van der Waals surface area contributed by atoms with Crippen molar-refractivity contribution < 1.29 is 0 Å². The van der Waals surface area contributed by atoms with E-state index in [1.165, 1.54) is 5.69 Å². The average Bonchev–Trinajstić information content (AvgIpc) is 2.10. The molecule has 0 atom stereocenters. The first kappa shape index (κ1) is 10.4. The standard InChI is InChI=1S/C12H19N3/c1-9(2)14-11-7-15(8-11)12-4-5-13-10(3)6-12/h4-6,9,11,14H,7-8H2,1-3H3. The molecule has 1 aromatic heterocycles. The fourth-order valence-electron chi connectivity index (χ4n) is 1.99. The molecule has 0 spiro atoms. The Labute approximate surface area is 91.5 Å². The molecule has 0 bridgehead atoms. The molecule has 15 heavy (non-hydrogen) atoms. The predicted molar refractivity (Wildman–Crippen MR) is 63.2 cm³/mol. The minimum atomic E-state index is 0.580. The van der Waals surface area contributed by atoms with E-state index >= 15 is 0 Å². The molecule has 2 rings (SSSR count). The van der Waals surface area contributed by atoms with Crippen LogP contribution in [0.1, 0.15) is 19.5 Å². The lowest BCUT2D eigenvalue weighted by molar-refractivity contribution is 0.389. The van der Waals surface area contributed by atoms with Crippen molar-refractivity contribution in [3.8, 4) is 0 Å². The van der Waals surface area contributed by atoms with Crippen LogP contribution in [-0.4, -0.2) is 30.2 Å². The van der Waals surface area contributed by atoms with E-state index in [1.807, 2.05) is 13.1 Å². The molecular formula is C12H19N3. The summed E-state index contributed by atoms with van der Waals surface area (Å²) in [6.07, 6.45) is 1.88. The van der Waals surface area contributed by atoms with Crippen LogP contribution >= 0.6 is 0 Å². The minimum Gasteiger partial charge on any atom is -0.368 e. The van der Waals surface area contributed by atoms with E-state index in [9.17, 15) is 0 Å². The van der Waals surface area contributed by atoms with Gasteiger partial charge in [-0.25, -0.2) is 0 Å². The summed E-state index contributed by atoms with van der Waals surface area (Å²) >= 11 is 0. The molecular weight excluding hydrogens is 186 g/mol. The Morgan fingerprint density at radius 2 is 2.20 bits per heavy atom. The van der Waals surface area contributed by atoms with E-state index in [-0.39, 0.29) is 0 Å². The summed E-state index contributed by atoms with van der Waals surface area (Å²) in [6, 6.07) is 5.46. The number of nitrogens with one attached hydrogen (secondary N) is 1. The van der Waals surface area contributed by atoms with Gasteiger partial charge in [-0.2, -0.15) is 0 Å². The van der Waals surface area contributed by atoms with Crippen LogP contribution in [0.5, 0.6) is 0 Å². The van der Waals surface area contributed by atoms with Gasteiger partial charge in [-0.05, 0) is 19.1 Å². The van der Waals surface area contributed by atoms with Gasteiger partial charge in [-0.15, -0.1) is 0 Å². The smallest absolute Gasteiger partial charge is 0.0422 e. The van der Waals surface area contributed by atoms with Crippen molar-refractivity contribution in [1.82, 2.24) is 10.3 Å². The first-order valence-corrected chi connectivity index (χ1v) is 5.59. The number of pyridine rings is 1. The van der Waals surface area contributed by atoms with Crippen molar-refractivity contribution in [3.63, 3.8) is 0 Å². The zero-order valence-electron chi connectivity index (χ0n) is 9.70. The van der Waals surface area contributed by atoms with Crippen molar-refractivity contribution in [2.24, 2.45) is 0 Å². The zero-order chi connectivity index (χ0) is 10.8. The highest BCUT2D eigenvalue weighted by Gasteiger charge is 2.26. The minimum absolute atomic E-state index is 0.580. The van der Waals surface area contributed by atoms with Crippen LogP contribution in [0, 0.1) is 6.92 Å². The molecule has 82 valence electrons. The largest absolute Gasteiger partial charge is 0.368 e. The van der Waals surface area contributed by atoms with Crippen molar-refractivity contribution in [3.05, 3.63) is 24.0 Å². The Bertz CT molecular complexity index is 329. The second-order valence-electron chi connectivity index (χ2n) is 4.58. The topological polar surface area (TPSA) is 28.2 Å². The molecule has 3 heteroatoms. The Morgan fingerprint density at radius 3 is 2.80 bits per heavy atom. The lowest BCUT2D eigenvalue weighted by Crippen LogP contribution is -2.59. The second kappa shape index (κ2) is 4.19. The first-order chi connectivity index (χ1) is 7.15. The molecule has 0 unspecified atom stereocenters. The Morgan fingerprint density at radius 1 is 1.47 bits per heavy atom. The Balaban J connectivity index is 1.89. The number of nitrogens with zero attached hydrogens (tertiary/aromatic N) is 2. The number of aromatic nitrogens is 1. The Hall–Kier alpha value is -1.09. The SMILES string of the molecule is Cc1cc(N2CC(NC(C)C)C2)ccn1. The van der Waals surface area contributed by atoms with Gasteiger partial charge >= 0.3 is 0 Å². The third kappa shape index (κ3) is 2.48. The van der Waals surface area contributed by atoms with E-state index in [1.54, 1.807) is 0 Å². The number of hydrogen-bond acceptors (Lipinski definition) is 3. The van der Waals surface area contributed by atoms with E-state index in [0.717, 1.165) is 18.8 Å².